The molecular formula is C9H7ClOS2. The van der Waals surface area contributed by atoms with Gasteiger partial charge in [-0.25, -0.2) is 0 Å². The molecule has 68 valence electrons. The normalized spacial score (nSPS) is 10.9. The molecule has 2 aromatic rings. The highest BCUT2D eigenvalue weighted by atomic mass is 35.5. The monoisotopic (exact) mass is 230 g/mol. The molecule has 1 heterocycles. The third kappa shape index (κ3) is 1.41. The second-order valence-electron chi connectivity index (χ2n) is 2.66. The van der Waals surface area contributed by atoms with Crippen molar-refractivity contribution in [1.82, 2.24) is 0 Å². The van der Waals surface area contributed by atoms with E-state index in [0.29, 0.717) is 5.88 Å². The summed E-state index contributed by atoms with van der Waals surface area (Å²) in [5, 5.41) is 10.4. The molecule has 1 aromatic carbocycles. The van der Waals surface area contributed by atoms with Crippen LogP contribution in [-0.2, 0) is 5.88 Å². The Hall–Kier alpha value is -0.380. The number of phenolic OH excluding ortho intramolecular Hbond substituents is 1. The lowest BCUT2D eigenvalue weighted by Crippen LogP contribution is -1.70. The Balaban J connectivity index is 2.85. The number of benzene rings is 1. The highest BCUT2D eigenvalue weighted by Crippen LogP contribution is 2.39. The van der Waals surface area contributed by atoms with E-state index < -0.39 is 0 Å². The van der Waals surface area contributed by atoms with Gasteiger partial charge in [-0.05, 0) is 12.1 Å². The molecule has 0 radical (unpaired) electrons. The lowest BCUT2D eigenvalue weighted by Gasteiger charge is -1.94. The minimum atomic E-state index is 0.273. The van der Waals surface area contributed by atoms with Crippen LogP contribution in [0.15, 0.2) is 23.1 Å². The smallest absolute Gasteiger partial charge is 0.125 e. The van der Waals surface area contributed by atoms with E-state index in [1.54, 1.807) is 17.4 Å². The predicted molar refractivity (Wildman–Crippen MR) is 60.3 cm³/mol. The summed E-state index contributed by atoms with van der Waals surface area (Å²) in [5.41, 5.74) is 0. The van der Waals surface area contributed by atoms with Crippen molar-refractivity contribution < 1.29 is 5.11 Å². The van der Waals surface area contributed by atoms with Gasteiger partial charge in [-0.15, -0.1) is 35.6 Å². The van der Waals surface area contributed by atoms with Crippen molar-refractivity contribution in [2.24, 2.45) is 0 Å². The number of hydrogen-bond donors (Lipinski definition) is 2. The van der Waals surface area contributed by atoms with E-state index in [2.05, 4.69) is 12.6 Å². The Morgan fingerprint density at radius 1 is 1.46 bits per heavy atom. The number of thiophene rings is 1. The maximum absolute atomic E-state index is 9.58. The highest BCUT2D eigenvalue weighted by Gasteiger charge is 2.10. The molecule has 0 aliphatic heterocycles. The largest absolute Gasteiger partial charge is 0.507 e. The fourth-order valence-corrected chi connectivity index (χ4v) is 3.14. The molecule has 0 unspecified atom stereocenters. The summed E-state index contributed by atoms with van der Waals surface area (Å²) in [6.45, 7) is 0. The van der Waals surface area contributed by atoms with Gasteiger partial charge in [0.15, 0.2) is 0 Å². The Morgan fingerprint density at radius 3 is 2.85 bits per heavy atom. The molecule has 4 heteroatoms. The van der Waals surface area contributed by atoms with E-state index in [9.17, 15) is 5.11 Å². The van der Waals surface area contributed by atoms with Crippen molar-refractivity contribution in [1.29, 1.82) is 0 Å². The second kappa shape index (κ2) is 3.40. The molecule has 0 atom stereocenters. The first kappa shape index (κ1) is 9.19. The van der Waals surface area contributed by atoms with E-state index in [1.165, 1.54) is 0 Å². The fraction of sp³-hybridized carbons (Fsp3) is 0.111. The number of hydrogen-bond acceptors (Lipinski definition) is 3. The molecule has 0 aliphatic carbocycles. The molecule has 1 aromatic heterocycles. The fourth-order valence-electron chi connectivity index (χ4n) is 1.25. The van der Waals surface area contributed by atoms with Gasteiger partial charge >= 0.3 is 0 Å². The van der Waals surface area contributed by atoms with Crippen LogP contribution in [0.2, 0.25) is 0 Å². The van der Waals surface area contributed by atoms with E-state index in [1.807, 2.05) is 12.1 Å². The zero-order valence-electron chi connectivity index (χ0n) is 6.62. The van der Waals surface area contributed by atoms with E-state index in [0.717, 1.165) is 19.9 Å². The number of rotatable bonds is 1. The molecule has 0 saturated heterocycles. The first-order chi connectivity index (χ1) is 6.24. The van der Waals surface area contributed by atoms with Crippen molar-refractivity contribution in [2.45, 2.75) is 10.8 Å². The van der Waals surface area contributed by atoms with Crippen LogP contribution in [0.4, 0.5) is 0 Å². The average Bonchev–Trinajstić information content (AvgIpc) is 2.44. The zero-order valence-corrected chi connectivity index (χ0v) is 9.09. The first-order valence-electron chi connectivity index (χ1n) is 3.72. The van der Waals surface area contributed by atoms with Crippen molar-refractivity contribution >= 4 is 45.7 Å². The van der Waals surface area contributed by atoms with Gasteiger partial charge in [0.25, 0.3) is 0 Å². The summed E-state index contributed by atoms with van der Waals surface area (Å²) in [4.78, 5) is 1.80. The standard InChI is InChI=1S/C9H7ClOS2/c10-4-7-9(12)8-5(11)2-1-3-6(8)13-7/h1-3,11-12H,4H2. The van der Waals surface area contributed by atoms with Crippen molar-refractivity contribution in [2.75, 3.05) is 0 Å². The quantitative estimate of drug-likeness (QED) is 0.566. The average molecular weight is 231 g/mol. The Morgan fingerprint density at radius 2 is 2.23 bits per heavy atom. The van der Waals surface area contributed by atoms with E-state index in [4.69, 9.17) is 11.6 Å². The van der Waals surface area contributed by atoms with Gasteiger partial charge in [-0.1, -0.05) is 6.07 Å². The third-order valence-electron chi connectivity index (χ3n) is 1.86. The third-order valence-corrected chi connectivity index (χ3v) is 4.09. The molecule has 1 N–H and O–H groups in total. The molecule has 0 aliphatic rings. The van der Waals surface area contributed by atoms with Gasteiger partial charge in [0.2, 0.25) is 0 Å². The summed E-state index contributed by atoms with van der Waals surface area (Å²) in [7, 11) is 0. The number of fused-ring (bicyclic) bond motifs is 1. The van der Waals surface area contributed by atoms with E-state index >= 15 is 0 Å². The van der Waals surface area contributed by atoms with Crippen molar-refractivity contribution in [3.05, 3.63) is 23.1 Å². The summed E-state index contributed by atoms with van der Waals surface area (Å²) >= 11 is 11.6. The lowest BCUT2D eigenvalue weighted by molar-refractivity contribution is 0.481. The van der Waals surface area contributed by atoms with Crippen molar-refractivity contribution in [3.8, 4) is 5.75 Å². The molecule has 1 nitrogen and oxygen atoms in total. The summed E-state index contributed by atoms with van der Waals surface area (Å²) in [6.07, 6.45) is 0. The summed E-state index contributed by atoms with van der Waals surface area (Å²) in [6, 6.07) is 5.43. The minimum Gasteiger partial charge on any atom is -0.507 e. The van der Waals surface area contributed by atoms with Gasteiger partial charge < -0.3 is 5.11 Å². The molecule has 0 spiro atoms. The number of halogens is 1. The van der Waals surface area contributed by atoms with Crippen LogP contribution in [0.25, 0.3) is 10.1 Å². The van der Waals surface area contributed by atoms with Crippen LogP contribution >= 0.6 is 35.6 Å². The number of thiol groups is 1. The maximum atomic E-state index is 9.58. The molecule has 0 fully saturated rings. The Kier molecular flexibility index (Phi) is 2.41. The molecule has 2 rings (SSSR count). The van der Waals surface area contributed by atoms with Gasteiger partial charge in [-0.2, -0.15) is 0 Å². The molecular weight excluding hydrogens is 224 g/mol. The maximum Gasteiger partial charge on any atom is 0.125 e. The molecule has 0 amide bonds. The SMILES string of the molecule is Oc1cccc2sc(CCl)c(S)c12. The van der Waals surface area contributed by atoms with Crippen LogP contribution < -0.4 is 0 Å². The Labute approximate surface area is 90.4 Å². The number of aromatic hydroxyl groups is 1. The number of alkyl halides is 1. The predicted octanol–water partition coefficient (Wildman–Crippen LogP) is 3.63. The first-order valence-corrected chi connectivity index (χ1v) is 5.52. The van der Waals surface area contributed by atoms with Gasteiger partial charge in [0, 0.05) is 19.9 Å². The van der Waals surface area contributed by atoms with E-state index in [-0.39, 0.29) is 5.75 Å². The number of phenols is 1. The molecule has 0 bridgehead atoms. The van der Waals surface area contributed by atoms with Crippen LogP contribution in [0.1, 0.15) is 4.88 Å². The zero-order chi connectivity index (χ0) is 9.42. The van der Waals surface area contributed by atoms with Gasteiger partial charge in [0.1, 0.15) is 5.75 Å². The van der Waals surface area contributed by atoms with Gasteiger partial charge in [0.05, 0.1) is 5.88 Å². The summed E-state index contributed by atoms with van der Waals surface area (Å²) < 4.78 is 1.03. The molecule has 13 heavy (non-hydrogen) atoms. The lowest BCUT2D eigenvalue weighted by atomic mass is 10.2. The highest BCUT2D eigenvalue weighted by molar-refractivity contribution is 7.80. The van der Waals surface area contributed by atoms with Gasteiger partial charge in [-0.3, -0.25) is 0 Å². The second-order valence-corrected chi connectivity index (χ2v) is 4.51. The van der Waals surface area contributed by atoms with Crippen LogP contribution in [-0.4, -0.2) is 5.11 Å². The topological polar surface area (TPSA) is 20.2 Å². The van der Waals surface area contributed by atoms with Crippen LogP contribution in [0.3, 0.4) is 0 Å². The van der Waals surface area contributed by atoms with Crippen LogP contribution in [0, 0.1) is 0 Å². The van der Waals surface area contributed by atoms with Crippen molar-refractivity contribution in [3.63, 3.8) is 0 Å². The summed E-state index contributed by atoms with van der Waals surface area (Å²) in [5.74, 6) is 0.715. The Bertz CT molecular complexity index is 450. The molecule has 0 saturated carbocycles. The minimum absolute atomic E-state index is 0.273. The van der Waals surface area contributed by atoms with Crippen LogP contribution in [0.5, 0.6) is 5.75 Å².